The predicted octanol–water partition coefficient (Wildman–Crippen LogP) is 3.62. The topological polar surface area (TPSA) is 386 Å². The highest BCUT2D eigenvalue weighted by Crippen LogP contribution is 2.17. The zero-order valence-electron chi connectivity index (χ0n) is 47.2. The lowest BCUT2D eigenvalue weighted by atomic mass is 9.94. The molecule has 0 aliphatic rings. The second-order valence-corrected chi connectivity index (χ2v) is 19.8. The van der Waals surface area contributed by atoms with E-state index in [9.17, 15) is 68.1 Å². The van der Waals surface area contributed by atoms with Crippen molar-refractivity contribution in [2.24, 2.45) is 11.8 Å². The second-order valence-electron chi connectivity index (χ2n) is 19.8. The third-order valence-electron chi connectivity index (χ3n) is 13.0. The molecule has 10 N–H and O–H groups in total. The van der Waals surface area contributed by atoms with Crippen LogP contribution in [0.2, 0.25) is 0 Å². The molecule has 0 bridgehead atoms. The Kier molecular flexibility index (Phi) is 46.8. The van der Waals surface area contributed by atoms with E-state index in [1.807, 2.05) is 6.92 Å². The van der Waals surface area contributed by atoms with E-state index in [1.165, 1.54) is 32.1 Å². The van der Waals surface area contributed by atoms with Crippen molar-refractivity contribution in [2.75, 3.05) is 79.1 Å². The highest BCUT2D eigenvalue weighted by Gasteiger charge is 2.26. The second kappa shape index (κ2) is 50.3. The van der Waals surface area contributed by atoms with Crippen molar-refractivity contribution in [1.29, 1.82) is 0 Å². The van der Waals surface area contributed by atoms with Gasteiger partial charge in [-0.3, -0.25) is 43.2 Å². The van der Waals surface area contributed by atoms with Crippen LogP contribution in [0.5, 0.6) is 0 Å². The van der Waals surface area contributed by atoms with Crippen molar-refractivity contribution in [2.45, 2.75) is 192 Å². The van der Waals surface area contributed by atoms with E-state index in [0.717, 1.165) is 57.8 Å². The molecular formula is C55H95N5O20. The summed E-state index contributed by atoms with van der Waals surface area (Å²) in [4.78, 5) is 131. The van der Waals surface area contributed by atoms with E-state index in [0.29, 0.717) is 32.2 Å². The van der Waals surface area contributed by atoms with Crippen LogP contribution in [-0.4, -0.2) is 182 Å². The summed E-state index contributed by atoms with van der Waals surface area (Å²) in [5.41, 5.74) is 0. The van der Waals surface area contributed by atoms with Gasteiger partial charge in [-0.05, 0) is 51.4 Å². The van der Waals surface area contributed by atoms with Gasteiger partial charge in [0.2, 0.25) is 29.5 Å². The highest BCUT2D eigenvalue weighted by atomic mass is 16.5. The average Bonchev–Trinajstić information content (AvgIpc) is 3.41. The molecule has 0 aromatic rings. The van der Waals surface area contributed by atoms with Gasteiger partial charge in [0.05, 0.1) is 45.6 Å². The summed E-state index contributed by atoms with van der Waals surface area (Å²) in [6.07, 6.45) is 16.0. The van der Waals surface area contributed by atoms with Gasteiger partial charge in [-0.25, -0.2) is 9.59 Å². The molecule has 0 aliphatic carbocycles. The summed E-state index contributed by atoms with van der Waals surface area (Å²) in [5.74, 6) is -9.22. The minimum absolute atomic E-state index is 0.0126. The predicted molar refractivity (Wildman–Crippen MR) is 291 cm³/mol. The lowest BCUT2D eigenvalue weighted by molar-refractivity contribution is -0.145. The standard InChI is InChI=1S/C55H95N5O20/c1-2-41(46(63)38-61)19-17-18-28-56-50(67)39-79-35-33-77-31-29-57-47(64)26-22-42(53(71)72)37-43(62)23-24-44(54(73)74)60-51(68)40-80-36-34-78-32-30-58-48(65)27-25-45(55(75)76)59-49(66)20-15-13-11-9-7-5-3-4-6-8-10-12-14-16-21-52(69)70/h41-42,44-45,61H,2-40H2,1H3,(H,56,67)(H,57,64)(H,58,65)(H,59,66)(H,60,68)(H,69,70)(H,71,72)(H,73,74)(H,75,76)/t41-,42+,44-,45-/m0/s1. The van der Waals surface area contributed by atoms with E-state index in [2.05, 4.69) is 26.6 Å². The quantitative estimate of drug-likeness (QED) is 0.0389. The van der Waals surface area contributed by atoms with Gasteiger partial charge in [-0.1, -0.05) is 90.4 Å². The van der Waals surface area contributed by atoms with Crippen LogP contribution in [0, 0.1) is 11.8 Å². The lowest BCUT2D eigenvalue weighted by Crippen LogP contribution is -2.43. The third-order valence-corrected chi connectivity index (χ3v) is 13.0. The van der Waals surface area contributed by atoms with E-state index < -0.39 is 85.0 Å². The third kappa shape index (κ3) is 45.1. The molecule has 25 heteroatoms. The first kappa shape index (κ1) is 74.4. The van der Waals surface area contributed by atoms with Crippen LogP contribution in [-0.2, 0) is 71.7 Å². The molecule has 5 amide bonds. The summed E-state index contributed by atoms with van der Waals surface area (Å²) in [7, 11) is 0. The number of hydrogen-bond acceptors (Lipinski definition) is 16. The molecule has 0 aromatic carbocycles. The Morgan fingerprint density at radius 1 is 0.388 bits per heavy atom. The molecular weight excluding hydrogens is 1050 g/mol. The molecule has 0 unspecified atom stereocenters. The molecule has 0 spiro atoms. The van der Waals surface area contributed by atoms with E-state index >= 15 is 0 Å². The molecule has 0 fully saturated rings. The molecule has 0 saturated carbocycles. The van der Waals surface area contributed by atoms with Crippen LogP contribution in [0.25, 0.3) is 0 Å². The number of carbonyl (C=O) groups is 11. The number of ketones is 2. The molecule has 80 heavy (non-hydrogen) atoms. The van der Waals surface area contributed by atoms with Crippen molar-refractivity contribution in [3.63, 3.8) is 0 Å². The van der Waals surface area contributed by atoms with Crippen molar-refractivity contribution in [1.82, 2.24) is 26.6 Å². The molecule has 0 radical (unpaired) electrons. The molecule has 460 valence electrons. The molecule has 4 atom stereocenters. The Labute approximate surface area is 470 Å². The minimum Gasteiger partial charge on any atom is -0.481 e. The van der Waals surface area contributed by atoms with Gasteiger partial charge in [0.15, 0.2) is 5.78 Å². The summed E-state index contributed by atoms with van der Waals surface area (Å²) in [6, 6.07) is -2.68. The van der Waals surface area contributed by atoms with Crippen molar-refractivity contribution < 1.29 is 97.2 Å². The fourth-order valence-electron chi connectivity index (χ4n) is 8.26. The smallest absolute Gasteiger partial charge is 0.326 e. The number of aliphatic hydroxyl groups is 1. The SMILES string of the molecule is CC[C@@H](CCCCNC(=O)COCCOCCNC(=O)CC[C@H](CC(=O)CC[C@H](NC(=O)COCCOCCNC(=O)CC[C@H](NC(=O)CCCCCCCCCCCCCCCCC(=O)O)C(=O)O)C(=O)O)C(=O)O)C(=O)CO. The number of carboxylic acids is 4. The monoisotopic (exact) mass is 1150 g/mol. The molecule has 0 aliphatic heterocycles. The van der Waals surface area contributed by atoms with Gasteiger partial charge >= 0.3 is 23.9 Å². The van der Waals surface area contributed by atoms with Gasteiger partial charge < -0.3 is 71.1 Å². The Bertz CT molecular complexity index is 1800. The van der Waals surface area contributed by atoms with E-state index in [4.69, 9.17) is 29.2 Å². The highest BCUT2D eigenvalue weighted by molar-refractivity contribution is 5.87. The number of aliphatic hydroxyl groups excluding tert-OH is 1. The number of Topliss-reactive ketones (excluding diaryl/α,β-unsaturated/α-hetero) is 2. The summed E-state index contributed by atoms with van der Waals surface area (Å²) >= 11 is 0. The summed E-state index contributed by atoms with van der Waals surface area (Å²) < 4.78 is 21.2. The molecule has 25 nitrogen and oxygen atoms in total. The largest absolute Gasteiger partial charge is 0.481 e. The van der Waals surface area contributed by atoms with E-state index in [1.54, 1.807) is 0 Å². The number of carboxylic acid groups (broad SMARTS) is 4. The number of ether oxygens (including phenoxy) is 4. The van der Waals surface area contributed by atoms with Gasteiger partial charge in [0, 0.05) is 64.1 Å². The van der Waals surface area contributed by atoms with Crippen molar-refractivity contribution >= 4 is 65.0 Å². The zero-order valence-corrected chi connectivity index (χ0v) is 47.2. The summed E-state index contributed by atoms with van der Waals surface area (Å²) in [6.45, 7) is 1.74. The zero-order chi connectivity index (χ0) is 59.6. The van der Waals surface area contributed by atoms with Gasteiger partial charge in [0.1, 0.15) is 37.7 Å². The Balaban J connectivity index is 4.11. The molecule has 0 rings (SSSR count). The number of carbonyl (C=O) groups excluding carboxylic acids is 7. The lowest BCUT2D eigenvalue weighted by Gasteiger charge is -2.15. The van der Waals surface area contributed by atoms with Crippen LogP contribution >= 0.6 is 0 Å². The summed E-state index contributed by atoms with van der Waals surface area (Å²) in [5, 5.41) is 59.1. The first-order chi connectivity index (χ1) is 38.4. The van der Waals surface area contributed by atoms with Crippen molar-refractivity contribution in [3.8, 4) is 0 Å². The minimum atomic E-state index is -1.47. The molecule has 0 saturated heterocycles. The van der Waals surface area contributed by atoms with Crippen LogP contribution in [0.3, 0.4) is 0 Å². The van der Waals surface area contributed by atoms with Crippen LogP contribution in [0.4, 0.5) is 0 Å². The van der Waals surface area contributed by atoms with Gasteiger partial charge in [-0.15, -0.1) is 0 Å². The van der Waals surface area contributed by atoms with Gasteiger partial charge in [-0.2, -0.15) is 0 Å². The maximum atomic E-state index is 12.6. The fourth-order valence-corrected chi connectivity index (χ4v) is 8.26. The molecule has 0 aromatic heterocycles. The van der Waals surface area contributed by atoms with Crippen LogP contribution in [0.1, 0.15) is 180 Å². The Morgan fingerprint density at radius 3 is 1.30 bits per heavy atom. The number of aliphatic carboxylic acids is 4. The first-order valence-electron chi connectivity index (χ1n) is 28.6. The maximum absolute atomic E-state index is 12.6. The van der Waals surface area contributed by atoms with Crippen LogP contribution in [0.15, 0.2) is 0 Å². The normalized spacial score (nSPS) is 12.6. The number of hydrogen-bond donors (Lipinski definition) is 10. The van der Waals surface area contributed by atoms with Crippen LogP contribution < -0.4 is 26.6 Å². The van der Waals surface area contributed by atoms with Crippen molar-refractivity contribution in [3.05, 3.63) is 0 Å². The maximum Gasteiger partial charge on any atom is 0.326 e. The average molecular weight is 1150 g/mol. The number of unbranched alkanes of at least 4 members (excludes halogenated alkanes) is 14. The number of nitrogens with one attached hydrogen (secondary N) is 5. The Morgan fingerprint density at radius 2 is 0.825 bits per heavy atom. The number of amides is 5. The number of rotatable bonds is 57. The fraction of sp³-hybridized carbons (Fsp3) is 0.800. The molecule has 0 heterocycles. The Hall–Kier alpha value is -5.63. The van der Waals surface area contributed by atoms with E-state index in [-0.39, 0.29) is 134 Å². The van der Waals surface area contributed by atoms with Gasteiger partial charge in [0.25, 0.3) is 0 Å². The first-order valence-corrected chi connectivity index (χ1v) is 28.6.